The molecule has 0 spiro atoms. The van der Waals surface area contributed by atoms with Crippen LogP contribution in [0.5, 0.6) is 5.75 Å². The maximum atomic E-state index is 13.8. The fraction of sp³-hybridized carbons (Fsp3) is 0.387. The summed E-state index contributed by atoms with van der Waals surface area (Å²) in [7, 11) is -4.08. The molecular weight excluding hydrogens is 510 g/mol. The zero-order valence-corrected chi connectivity index (χ0v) is 23.0. The predicted octanol–water partition coefficient (Wildman–Crippen LogP) is 5.69. The van der Waals surface area contributed by atoms with Crippen molar-refractivity contribution in [3.63, 3.8) is 0 Å². The van der Waals surface area contributed by atoms with E-state index in [2.05, 4.69) is 10.2 Å². The number of hydrogen-bond acceptors (Lipinski definition) is 5. The van der Waals surface area contributed by atoms with E-state index in [-0.39, 0.29) is 28.3 Å². The van der Waals surface area contributed by atoms with Crippen molar-refractivity contribution in [1.29, 1.82) is 0 Å². The molecule has 0 unspecified atom stereocenters. The Kier molecular flexibility index (Phi) is 8.53. The summed E-state index contributed by atoms with van der Waals surface area (Å²) < 4.78 is 28.7. The maximum Gasteiger partial charge on any atom is 0.268 e. The molecule has 1 saturated carbocycles. The van der Waals surface area contributed by atoms with E-state index in [0.717, 1.165) is 35.9 Å². The molecule has 1 heterocycles. The number of amides is 1. The highest BCUT2D eigenvalue weighted by Crippen LogP contribution is 2.37. The van der Waals surface area contributed by atoms with Gasteiger partial charge in [-0.25, -0.2) is 12.7 Å². The van der Waals surface area contributed by atoms with Crippen LogP contribution in [0.1, 0.15) is 55.3 Å². The normalized spacial score (nSPS) is 20.0. The van der Waals surface area contributed by atoms with Gasteiger partial charge < -0.3 is 15.3 Å². The second kappa shape index (κ2) is 12.2. The first-order valence-electron chi connectivity index (χ1n) is 13.9. The lowest BCUT2D eigenvalue weighted by Gasteiger charge is -2.30. The molecule has 0 bridgehead atoms. The number of phenolic OH excluding ortho intramolecular Hbond substituents is 1. The molecule has 206 valence electrons. The number of carbonyl (C=O) groups is 1. The number of benzene rings is 3. The Morgan fingerprint density at radius 3 is 2.18 bits per heavy atom. The third kappa shape index (κ3) is 6.45. The van der Waals surface area contributed by atoms with E-state index in [4.69, 9.17) is 0 Å². The van der Waals surface area contributed by atoms with Crippen molar-refractivity contribution in [1.82, 2.24) is 10.2 Å². The zero-order chi connectivity index (χ0) is 27.2. The Morgan fingerprint density at radius 2 is 1.51 bits per heavy atom. The van der Waals surface area contributed by atoms with Gasteiger partial charge in [0.1, 0.15) is 5.75 Å². The van der Waals surface area contributed by atoms with Gasteiger partial charge in [-0.1, -0.05) is 30.3 Å². The first-order chi connectivity index (χ1) is 18.9. The number of aromatic hydroxyl groups is 1. The van der Waals surface area contributed by atoms with Crippen molar-refractivity contribution in [3.8, 4) is 5.75 Å². The third-order valence-corrected chi connectivity index (χ3v) is 9.74. The van der Waals surface area contributed by atoms with Gasteiger partial charge in [-0.05, 0) is 119 Å². The third-order valence-electron chi connectivity index (χ3n) is 7.98. The molecule has 1 aliphatic carbocycles. The standard InChI is InChI=1S/C31H37N3O4S/c35-30-11-5-4-10-29(30)34(27-8-2-1-3-9-27)39(37,38)28-18-14-25(15-19-28)31(36)32-26-16-12-24(13-17-26)20-23-33-21-6-7-22-33/h1-5,8-11,14-15,18-19,24,26,35H,6-7,12-13,16-17,20-23H2,(H,32,36). The van der Waals surface area contributed by atoms with Gasteiger partial charge in [0.2, 0.25) is 0 Å². The Hall–Kier alpha value is -3.36. The molecule has 3 aromatic carbocycles. The molecule has 1 aliphatic heterocycles. The average molecular weight is 548 g/mol. The highest BCUT2D eigenvalue weighted by atomic mass is 32.2. The minimum Gasteiger partial charge on any atom is -0.506 e. The highest BCUT2D eigenvalue weighted by molar-refractivity contribution is 7.93. The van der Waals surface area contributed by atoms with E-state index in [1.165, 1.54) is 57.1 Å². The molecule has 3 aromatic rings. The van der Waals surface area contributed by atoms with Gasteiger partial charge >= 0.3 is 0 Å². The Balaban J connectivity index is 1.23. The number of phenols is 1. The van der Waals surface area contributed by atoms with Crippen LogP contribution < -0.4 is 9.62 Å². The second-order valence-electron chi connectivity index (χ2n) is 10.6. The van der Waals surface area contributed by atoms with Crippen LogP contribution in [-0.2, 0) is 10.0 Å². The average Bonchev–Trinajstić information content (AvgIpc) is 3.48. The molecule has 7 nitrogen and oxygen atoms in total. The zero-order valence-electron chi connectivity index (χ0n) is 22.2. The topological polar surface area (TPSA) is 90.0 Å². The first-order valence-corrected chi connectivity index (χ1v) is 15.4. The minimum atomic E-state index is -4.08. The molecule has 1 saturated heterocycles. The fourth-order valence-electron chi connectivity index (χ4n) is 5.73. The smallest absolute Gasteiger partial charge is 0.268 e. The molecule has 0 aromatic heterocycles. The lowest BCUT2D eigenvalue weighted by Crippen LogP contribution is -2.38. The van der Waals surface area contributed by atoms with E-state index in [0.29, 0.717) is 11.3 Å². The van der Waals surface area contributed by atoms with Gasteiger partial charge in [-0.15, -0.1) is 0 Å². The predicted molar refractivity (Wildman–Crippen MR) is 154 cm³/mol. The SMILES string of the molecule is O=C(NC1CCC(CCN2CCCC2)CC1)c1ccc(S(=O)(=O)N(c2ccccc2)c2ccccc2O)cc1. The van der Waals surface area contributed by atoms with Crippen molar-refractivity contribution in [2.45, 2.75) is 55.9 Å². The molecule has 2 aliphatic rings. The molecular formula is C31H37N3O4S. The van der Waals surface area contributed by atoms with E-state index in [9.17, 15) is 18.3 Å². The van der Waals surface area contributed by atoms with Crippen LogP contribution in [0.2, 0.25) is 0 Å². The summed E-state index contributed by atoms with van der Waals surface area (Å²) in [5, 5.41) is 13.6. The van der Waals surface area contributed by atoms with Crippen molar-refractivity contribution >= 4 is 27.3 Å². The van der Waals surface area contributed by atoms with Gasteiger partial charge in [0.15, 0.2) is 0 Å². The molecule has 1 amide bonds. The van der Waals surface area contributed by atoms with Crippen LogP contribution in [0, 0.1) is 5.92 Å². The molecule has 5 rings (SSSR count). The number of para-hydroxylation sites is 3. The lowest BCUT2D eigenvalue weighted by molar-refractivity contribution is 0.0920. The molecule has 8 heteroatoms. The molecule has 2 fully saturated rings. The number of sulfonamides is 1. The lowest BCUT2D eigenvalue weighted by atomic mass is 9.84. The van der Waals surface area contributed by atoms with Crippen LogP contribution in [0.25, 0.3) is 0 Å². The number of nitrogens with one attached hydrogen (secondary N) is 1. The number of carbonyl (C=O) groups excluding carboxylic acids is 1. The number of rotatable bonds is 9. The van der Waals surface area contributed by atoms with E-state index in [1.807, 2.05) is 0 Å². The highest BCUT2D eigenvalue weighted by Gasteiger charge is 2.29. The van der Waals surface area contributed by atoms with Crippen LogP contribution in [-0.4, -0.2) is 50.0 Å². The summed E-state index contributed by atoms with van der Waals surface area (Å²) in [6.07, 6.45) is 8.14. The minimum absolute atomic E-state index is 0.0321. The summed E-state index contributed by atoms with van der Waals surface area (Å²) in [6, 6.07) is 21.1. The molecule has 39 heavy (non-hydrogen) atoms. The summed E-state index contributed by atoms with van der Waals surface area (Å²) in [4.78, 5) is 15.6. The molecule has 0 atom stereocenters. The van der Waals surface area contributed by atoms with Gasteiger partial charge in [0, 0.05) is 11.6 Å². The first kappa shape index (κ1) is 27.2. The monoisotopic (exact) mass is 547 g/mol. The second-order valence-corrected chi connectivity index (χ2v) is 12.4. The van der Waals surface area contributed by atoms with Crippen LogP contribution >= 0.6 is 0 Å². The number of likely N-dealkylation sites (tertiary alicyclic amines) is 1. The van der Waals surface area contributed by atoms with Gasteiger partial charge in [0.05, 0.1) is 16.3 Å². The van der Waals surface area contributed by atoms with Crippen molar-refractivity contribution in [2.24, 2.45) is 5.92 Å². The summed E-state index contributed by atoms with van der Waals surface area (Å²) in [6.45, 7) is 3.68. The van der Waals surface area contributed by atoms with E-state index < -0.39 is 10.0 Å². The molecule has 0 radical (unpaired) electrons. The number of anilines is 2. The number of hydrogen-bond donors (Lipinski definition) is 2. The number of nitrogens with zero attached hydrogens (tertiary/aromatic N) is 2. The van der Waals surface area contributed by atoms with Crippen molar-refractivity contribution in [2.75, 3.05) is 23.9 Å². The summed E-state index contributed by atoms with van der Waals surface area (Å²) >= 11 is 0. The Morgan fingerprint density at radius 1 is 0.872 bits per heavy atom. The Labute approximate surface area is 231 Å². The fourth-order valence-corrected chi connectivity index (χ4v) is 7.23. The van der Waals surface area contributed by atoms with E-state index >= 15 is 0 Å². The van der Waals surface area contributed by atoms with Crippen molar-refractivity contribution < 1.29 is 18.3 Å². The van der Waals surface area contributed by atoms with Gasteiger partial charge in [-0.3, -0.25) is 4.79 Å². The van der Waals surface area contributed by atoms with Crippen LogP contribution in [0.15, 0.2) is 83.8 Å². The largest absolute Gasteiger partial charge is 0.506 e. The van der Waals surface area contributed by atoms with Crippen LogP contribution in [0.4, 0.5) is 11.4 Å². The maximum absolute atomic E-state index is 13.8. The van der Waals surface area contributed by atoms with Crippen LogP contribution in [0.3, 0.4) is 0 Å². The summed E-state index contributed by atoms with van der Waals surface area (Å²) in [5.41, 5.74) is 0.984. The molecule has 2 N–H and O–H groups in total. The quantitative estimate of drug-likeness (QED) is 0.359. The summed E-state index contributed by atoms with van der Waals surface area (Å²) in [5.74, 6) is 0.409. The van der Waals surface area contributed by atoms with E-state index in [1.54, 1.807) is 60.7 Å². The Bertz CT molecular complexity index is 1350. The van der Waals surface area contributed by atoms with Crippen molar-refractivity contribution in [3.05, 3.63) is 84.4 Å². The van der Waals surface area contributed by atoms with Gasteiger partial charge in [0.25, 0.3) is 15.9 Å². The van der Waals surface area contributed by atoms with Gasteiger partial charge in [-0.2, -0.15) is 0 Å².